The number of nitrogens with one attached hydrogen (secondary N) is 1. The van der Waals surface area contributed by atoms with Crippen molar-refractivity contribution in [1.29, 1.82) is 0 Å². The highest BCUT2D eigenvalue weighted by Crippen LogP contribution is 2.32. The standard InChI is InChI=1S/C14H23N3O3S/c1-11-9-13(16-21(18,19)12-5-6-12)14(15-10-11)20-8-4-7-17(2)3/h9-10,12,16H,4-8H2,1-3H3. The van der Waals surface area contributed by atoms with Gasteiger partial charge in [0.05, 0.1) is 11.9 Å². The third-order valence-electron chi connectivity index (χ3n) is 3.19. The van der Waals surface area contributed by atoms with Gasteiger partial charge in [0.1, 0.15) is 5.69 Å². The monoisotopic (exact) mass is 313 g/mol. The maximum atomic E-state index is 12.0. The summed E-state index contributed by atoms with van der Waals surface area (Å²) in [6.07, 6.45) is 3.99. The van der Waals surface area contributed by atoms with E-state index in [-0.39, 0.29) is 5.25 Å². The van der Waals surface area contributed by atoms with Gasteiger partial charge in [-0.05, 0) is 51.9 Å². The first kappa shape index (κ1) is 16.0. The first-order valence-corrected chi connectivity index (χ1v) is 8.69. The number of anilines is 1. The molecule has 7 heteroatoms. The van der Waals surface area contributed by atoms with Crippen molar-refractivity contribution in [3.63, 3.8) is 0 Å². The molecule has 1 aliphatic carbocycles. The molecule has 0 atom stereocenters. The highest BCUT2D eigenvalue weighted by Gasteiger charge is 2.36. The van der Waals surface area contributed by atoms with E-state index in [2.05, 4.69) is 14.6 Å². The molecule has 21 heavy (non-hydrogen) atoms. The molecule has 0 aliphatic heterocycles. The Bertz CT molecular complexity index is 583. The maximum Gasteiger partial charge on any atom is 0.238 e. The van der Waals surface area contributed by atoms with Crippen LogP contribution < -0.4 is 9.46 Å². The Labute approximate surface area is 126 Å². The number of aryl methyl sites for hydroxylation is 1. The number of nitrogens with zero attached hydrogens (tertiary/aromatic N) is 2. The van der Waals surface area contributed by atoms with E-state index < -0.39 is 10.0 Å². The lowest BCUT2D eigenvalue weighted by molar-refractivity contribution is 0.274. The predicted octanol–water partition coefficient (Wildman–Crippen LogP) is 1.62. The summed E-state index contributed by atoms with van der Waals surface area (Å²) in [6, 6.07) is 1.76. The van der Waals surface area contributed by atoms with Crippen LogP contribution in [0.4, 0.5) is 5.69 Å². The van der Waals surface area contributed by atoms with Crippen molar-refractivity contribution in [1.82, 2.24) is 9.88 Å². The molecule has 118 valence electrons. The molecule has 1 fully saturated rings. The number of hydrogen-bond acceptors (Lipinski definition) is 5. The smallest absolute Gasteiger partial charge is 0.238 e. The van der Waals surface area contributed by atoms with Gasteiger partial charge >= 0.3 is 0 Å². The fraction of sp³-hybridized carbons (Fsp3) is 0.643. The van der Waals surface area contributed by atoms with Crippen molar-refractivity contribution in [3.05, 3.63) is 17.8 Å². The average molecular weight is 313 g/mol. The summed E-state index contributed by atoms with van der Waals surface area (Å²) in [6.45, 7) is 3.29. The average Bonchev–Trinajstić information content (AvgIpc) is 3.20. The van der Waals surface area contributed by atoms with Crippen LogP contribution in [0.25, 0.3) is 0 Å². The van der Waals surface area contributed by atoms with Gasteiger partial charge in [-0.3, -0.25) is 4.72 Å². The molecule has 1 N–H and O–H groups in total. The van der Waals surface area contributed by atoms with Gasteiger partial charge in [-0.1, -0.05) is 0 Å². The van der Waals surface area contributed by atoms with E-state index in [1.165, 1.54) is 0 Å². The lowest BCUT2D eigenvalue weighted by Gasteiger charge is -2.14. The highest BCUT2D eigenvalue weighted by atomic mass is 32.2. The normalized spacial score (nSPS) is 15.2. The Morgan fingerprint density at radius 2 is 2.14 bits per heavy atom. The lowest BCUT2D eigenvalue weighted by atomic mass is 10.3. The minimum Gasteiger partial charge on any atom is -0.476 e. The minimum absolute atomic E-state index is 0.264. The van der Waals surface area contributed by atoms with E-state index >= 15 is 0 Å². The van der Waals surface area contributed by atoms with E-state index in [0.29, 0.717) is 18.2 Å². The van der Waals surface area contributed by atoms with Crippen molar-refractivity contribution in [2.45, 2.75) is 31.4 Å². The van der Waals surface area contributed by atoms with E-state index in [9.17, 15) is 8.42 Å². The third-order valence-corrected chi connectivity index (χ3v) is 5.05. The summed E-state index contributed by atoms with van der Waals surface area (Å²) < 4.78 is 32.3. The van der Waals surface area contributed by atoms with E-state index in [0.717, 1.165) is 31.4 Å². The lowest BCUT2D eigenvalue weighted by Crippen LogP contribution is -2.19. The molecule has 0 spiro atoms. The van der Waals surface area contributed by atoms with Crippen molar-refractivity contribution < 1.29 is 13.2 Å². The van der Waals surface area contributed by atoms with Crippen LogP contribution in [-0.4, -0.2) is 50.8 Å². The predicted molar refractivity (Wildman–Crippen MR) is 83.2 cm³/mol. The molecular weight excluding hydrogens is 290 g/mol. The van der Waals surface area contributed by atoms with Crippen LogP contribution in [0.5, 0.6) is 5.88 Å². The number of aromatic nitrogens is 1. The molecule has 1 aromatic rings. The minimum atomic E-state index is -3.30. The quantitative estimate of drug-likeness (QED) is 0.739. The van der Waals surface area contributed by atoms with Crippen LogP contribution >= 0.6 is 0 Å². The van der Waals surface area contributed by atoms with Gasteiger partial charge in [-0.25, -0.2) is 13.4 Å². The number of rotatable bonds is 8. The molecule has 1 saturated carbocycles. The number of ether oxygens (including phenoxy) is 1. The number of pyridine rings is 1. The zero-order valence-corrected chi connectivity index (χ0v) is 13.6. The largest absolute Gasteiger partial charge is 0.476 e. The summed E-state index contributed by atoms with van der Waals surface area (Å²) in [7, 11) is 0.697. The maximum absolute atomic E-state index is 12.0. The summed E-state index contributed by atoms with van der Waals surface area (Å²) >= 11 is 0. The fourth-order valence-electron chi connectivity index (χ4n) is 1.91. The zero-order valence-electron chi connectivity index (χ0n) is 12.8. The van der Waals surface area contributed by atoms with Gasteiger partial charge in [0, 0.05) is 12.7 Å². The van der Waals surface area contributed by atoms with Crippen LogP contribution in [0, 0.1) is 6.92 Å². The Morgan fingerprint density at radius 3 is 2.76 bits per heavy atom. The van der Waals surface area contributed by atoms with Crippen LogP contribution in [-0.2, 0) is 10.0 Å². The van der Waals surface area contributed by atoms with Gasteiger partial charge in [-0.2, -0.15) is 0 Å². The molecule has 0 unspecified atom stereocenters. The Kier molecular flexibility index (Phi) is 5.05. The Balaban J connectivity index is 2.03. The van der Waals surface area contributed by atoms with E-state index in [1.807, 2.05) is 21.0 Å². The number of sulfonamides is 1. The van der Waals surface area contributed by atoms with Gasteiger partial charge in [0.2, 0.25) is 15.9 Å². The van der Waals surface area contributed by atoms with Crippen molar-refractivity contribution in [2.24, 2.45) is 0 Å². The van der Waals surface area contributed by atoms with Gasteiger partial charge in [0.25, 0.3) is 0 Å². The van der Waals surface area contributed by atoms with Crippen LogP contribution in [0.15, 0.2) is 12.3 Å². The molecule has 6 nitrogen and oxygen atoms in total. The van der Waals surface area contributed by atoms with Crippen molar-refractivity contribution in [3.8, 4) is 5.88 Å². The Hall–Kier alpha value is -1.34. The molecule has 1 aromatic heterocycles. The first-order chi connectivity index (χ1) is 9.88. The summed E-state index contributed by atoms with van der Waals surface area (Å²) in [5, 5.41) is -0.264. The Morgan fingerprint density at radius 1 is 1.43 bits per heavy atom. The second kappa shape index (κ2) is 6.62. The van der Waals surface area contributed by atoms with Crippen LogP contribution in [0.2, 0.25) is 0 Å². The van der Waals surface area contributed by atoms with E-state index in [4.69, 9.17) is 4.74 Å². The summed E-state index contributed by atoms with van der Waals surface area (Å²) in [5.41, 5.74) is 1.33. The van der Waals surface area contributed by atoms with Crippen molar-refractivity contribution in [2.75, 3.05) is 32.0 Å². The van der Waals surface area contributed by atoms with Gasteiger partial charge in [-0.15, -0.1) is 0 Å². The van der Waals surface area contributed by atoms with Crippen LogP contribution in [0.1, 0.15) is 24.8 Å². The SMILES string of the molecule is Cc1cnc(OCCCN(C)C)c(NS(=O)(=O)C2CC2)c1. The second-order valence-electron chi connectivity index (χ2n) is 5.72. The molecule has 1 heterocycles. The summed E-state index contributed by atoms with van der Waals surface area (Å²) in [5.74, 6) is 0.351. The molecule has 0 aromatic carbocycles. The number of hydrogen-bond donors (Lipinski definition) is 1. The second-order valence-corrected chi connectivity index (χ2v) is 7.68. The van der Waals surface area contributed by atoms with Crippen LogP contribution in [0.3, 0.4) is 0 Å². The van der Waals surface area contributed by atoms with E-state index in [1.54, 1.807) is 12.3 Å². The fourth-order valence-corrected chi connectivity index (χ4v) is 3.29. The first-order valence-electron chi connectivity index (χ1n) is 7.14. The zero-order chi connectivity index (χ0) is 15.5. The molecule has 2 rings (SSSR count). The summed E-state index contributed by atoms with van der Waals surface area (Å²) in [4.78, 5) is 6.27. The topological polar surface area (TPSA) is 71.5 Å². The van der Waals surface area contributed by atoms with Gasteiger partial charge in [0.15, 0.2) is 0 Å². The molecule has 1 aliphatic rings. The third kappa shape index (κ3) is 4.86. The van der Waals surface area contributed by atoms with Gasteiger partial charge < -0.3 is 9.64 Å². The molecule has 0 bridgehead atoms. The molecule has 0 radical (unpaired) electrons. The molecular formula is C14H23N3O3S. The molecule has 0 amide bonds. The highest BCUT2D eigenvalue weighted by molar-refractivity contribution is 7.93. The molecule has 0 saturated heterocycles. The van der Waals surface area contributed by atoms with Crippen molar-refractivity contribution >= 4 is 15.7 Å².